The van der Waals surface area contributed by atoms with Crippen molar-refractivity contribution in [3.63, 3.8) is 0 Å². The number of nitrogens with zero attached hydrogens (tertiary/aromatic N) is 1. The number of carbonyl (C=O) groups is 2. The smallest absolute Gasteiger partial charge is 0.263 e. The zero-order chi connectivity index (χ0) is 20.3. The van der Waals surface area contributed by atoms with Crippen LogP contribution in [0.15, 0.2) is 41.8 Å². The minimum Gasteiger partial charge on any atom is -0.349 e. The lowest BCUT2D eigenvalue weighted by atomic mass is 9.86. The average molecular weight is 399 g/mol. The number of thiophene rings is 1. The van der Waals surface area contributed by atoms with Crippen LogP contribution in [0.25, 0.3) is 0 Å². The zero-order valence-corrected chi connectivity index (χ0v) is 18.0. The van der Waals surface area contributed by atoms with Crippen molar-refractivity contribution in [2.24, 2.45) is 5.92 Å². The van der Waals surface area contributed by atoms with Gasteiger partial charge in [0.25, 0.3) is 5.91 Å². The molecule has 0 bridgehead atoms. The van der Waals surface area contributed by atoms with E-state index >= 15 is 0 Å². The Labute approximate surface area is 172 Å². The lowest BCUT2D eigenvalue weighted by Gasteiger charge is -2.31. The Balaban J connectivity index is 1.52. The van der Waals surface area contributed by atoms with E-state index < -0.39 is 0 Å². The molecule has 2 amide bonds. The van der Waals surface area contributed by atoms with E-state index in [1.807, 2.05) is 29.3 Å². The molecule has 2 aromatic rings. The molecule has 4 nitrogen and oxygen atoms in total. The van der Waals surface area contributed by atoms with Gasteiger partial charge in [0.2, 0.25) is 5.91 Å². The molecule has 1 saturated heterocycles. The lowest BCUT2D eigenvalue weighted by Crippen LogP contribution is -2.43. The number of rotatable bonds is 4. The van der Waals surface area contributed by atoms with Crippen LogP contribution in [-0.4, -0.2) is 29.8 Å². The van der Waals surface area contributed by atoms with Gasteiger partial charge in [-0.05, 0) is 47.8 Å². The molecule has 5 heteroatoms. The van der Waals surface area contributed by atoms with Crippen molar-refractivity contribution in [2.45, 2.75) is 52.0 Å². The van der Waals surface area contributed by atoms with Gasteiger partial charge in [0.15, 0.2) is 0 Å². The molecule has 28 heavy (non-hydrogen) atoms. The summed E-state index contributed by atoms with van der Waals surface area (Å²) in [6.07, 6.45) is 1.44. The molecule has 1 fully saturated rings. The van der Waals surface area contributed by atoms with E-state index in [2.05, 4.69) is 50.4 Å². The van der Waals surface area contributed by atoms with Crippen molar-refractivity contribution in [2.75, 3.05) is 13.1 Å². The topological polar surface area (TPSA) is 49.4 Å². The van der Waals surface area contributed by atoms with Crippen LogP contribution in [0.2, 0.25) is 0 Å². The minimum absolute atomic E-state index is 0.0210. The van der Waals surface area contributed by atoms with Gasteiger partial charge in [-0.1, -0.05) is 51.1 Å². The van der Waals surface area contributed by atoms with Crippen LogP contribution in [0, 0.1) is 5.92 Å². The third kappa shape index (κ3) is 4.82. The molecule has 3 rings (SSSR count). The third-order valence-corrected chi connectivity index (χ3v) is 6.38. The predicted octanol–water partition coefficient (Wildman–Crippen LogP) is 4.78. The van der Waals surface area contributed by atoms with E-state index in [-0.39, 0.29) is 29.2 Å². The van der Waals surface area contributed by atoms with E-state index in [9.17, 15) is 9.59 Å². The maximum absolute atomic E-state index is 12.7. The molecular weight excluding hydrogens is 368 g/mol. The van der Waals surface area contributed by atoms with Gasteiger partial charge in [0.05, 0.1) is 10.9 Å². The molecule has 0 spiro atoms. The Kier molecular flexibility index (Phi) is 6.23. The molecule has 1 aliphatic rings. The Bertz CT molecular complexity index is 798. The molecule has 1 atom stereocenters. The van der Waals surface area contributed by atoms with E-state index in [4.69, 9.17) is 0 Å². The maximum Gasteiger partial charge on any atom is 0.263 e. The highest BCUT2D eigenvalue weighted by Crippen LogP contribution is 2.25. The summed E-state index contributed by atoms with van der Waals surface area (Å²) < 4.78 is 0. The Hall–Kier alpha value is -2.14. The summed E-state index contributed by atoms with van der Waals surface area (Å²) in [5.41, 5.74) is 2.53. The first-order chi connectivity index (χ1) is 13.3. The van der Waals surface area contributed by atoms with Gasteiger partial charge in [-0.2, -0.15) is 0 Å². The van der Waals surface area contributed by atoms with E-state index in [1.54, 1.807) is 0 Å². The molecule has 1 aliphatic heterocycles. The van der Waals surface area contributed by atoms with Gasteiger partial charge in [0, 0.05) is 19.0 Å². The highest BCUT2D eigenvalue weighted by Gasteiger charge is 2.28. The fraction of sp³-hybridized carbons (Fsp3) is 0.478. The average Bonchev–Trinajstić information content (AvgIpc) is 3.21. The van der Waals surface area contributed by atoms with Crippen LogP contribution >= 0.6 is 11.3 Å². The summed E-state index contributed by atoms with van der Waals surface area (Å²) in [6, 6.07) is 12.2. The molecular formula is C23H30N2O2S. The minimum atomic E-state index is -0.0244. The predicted molar refractivity (Wildman–Crippen MR) is 115 cm³/mol. The van der Waals surface area contributed by atoms with E-state index in [0.717, 1.165) is 23.3 Å². The van der Waals surface area contributed by atoms with Gasteiger partial charge in [-0.15, -0.1) is 11.3 Å². The van der Waals surface area contributed by atoms with Crippen molar-refractivity contribution in [1.82, 2.24) is 10.2 Å². The van der Waals surface area contributed by atoms with Crippen LogP contribution < -0.4 is 5.32 Å². The van der Waals surface area contributed by atoms with E-state index in [1.165, 1.54) is 16.9 Å². The van der Waals surface area contributed by atoms with Gasteiger partial charge in [-0.25, -0.2) is 0 Å². The number of carbonyl (C=O) groups excluding carboxylic acids is 2. The summed E-state index contributed by atoms with van der Waals surface area (Å²) in [5, 5.41) is 5.07. The second-order valence-electron chi connectivity index (χ2n) is 8.65. The Morgan fingerprint density at radius 3 is 2.29 bits per heavy atom. The molecule has 2 heterocycles. The summed E-state index contributed by atoms with van der Waals surface area (Å²) in [7, 11) is 0. The summed E-state index contributed by atoms with van der Waals surface area (Å²) >= 11 is 1.47. The van der Waals surface area contributed by atoms with Crippen molar-refractivity contribution >= 4 is 23.2 Å². The number of amides is 2. The SMILES string of the molecule is CC(NC(=O)C1CCN(C(=O)c2cccs2)CC1)c1ccc(C(C)(C)C)cc1. The maximum atomic E-state index is 12.7. The number of piperidine rings is 1. The monoisotopic (exact) mass is 398 g/mol. The van der Waals surface area contributed by atoms with Gasteiger partial charge in [0.1, 0.15) is 0 Å². The van der Waals surface area contributed by atoms with Crippen molar-refractivity contribution < 1.29 is 9.59 Å². The fourth-order valence-corrected chi connectivity index (χ4v) is 4.28. The molecule has 1 aromatic carbocycles. The standard InChI is InChI=1S/C23H30N2O2S/c1-16(17-7-9-19(10-8-17)23(2,3)4)24-21(26)18-11-13-25(14-12-18)22(27)20-6-5-15-28-20/h5-10,15-16,18H,11-14H2,1-4H3,(H,24,26). The second kappa shape index (κ2) is 8.48. The number of likely N-dealkylation sites (tertiary alicyclic amines) is 1. The van der Waals surface area contributed by atoms with Crippen molar-refractivity contribution in [3.05, 3.63) is 57.8 Å². The first-order valence-electron chi connectivity index (χ1n) is 9.99. The molecule has 0 saturated carbocycles. The molecule has 1 unspecified atom stereocenters. The highest BCUT2D eigenvalue weighted by atomic mass is 32.1. The normalized spacial score (nSPS) is 16.6. The summed E-state index contributed by atoms with van der Waals surface area (Å²) in [6.45, 7) is 9.90. The zero-order valence-electron chi connectivity index (χ0n) is 17.2. The second-order valence-corrected chi connectivity index (χ2v) is 9.59. The van der Waals surface area contributed by atoms with Gasteiger partial charge in [-0.3, -0.25) is 9.59 Å². The lowest BCUT2D eigenvalue weighted by molar-refractivity contribution is -0.126. The molecule has 150 valence electrons. The number of nitrogens with one attached hydrogen (secondary N) is 1. The first kappa shape index (κ1) is 20.6. The number of hydrogen-bond acceptors (Lipinski definition) is 3. The largest absolute Gasteiger partial charge is 0.349 e. The highest BCUT2D eigenvalue weighted by molar-refractivity contribution is 7.12. The number of hydrogen-bond donors (Lipinski definition) is 1. The fourth-order valence-electron chi connectivity index (χ4n) is 3.59. The van der Waals surface area contributed by atoms with Gasteiger partial charge < -0.3 is 10.2 Å². The van der Waals surface area contributed by atoms with Crippen LogP contribution in [0.1, 0.15) is 67.4 Å². The Morgan fingerprint density at radius 1 is 1.11 bits per heavy atom. The Morgan fingerprint density at radius 2 is 1.75 bits per heavy atom. The summed E-state index contributed by atoms with van der Waals surface area (Å²) in [5.74, 6) is 0.153. The number of benzene rings is 1. The van der Waals surface area contributed by atoms with Crippen LogP contribution in [0.4, 0.5) is 0 Å². The van der Waals surface area contributed by atoms with Gasteiger partial charge >= 0.3 is 0 Å². The van der Waals surface area contributed by atoms with Crippen molar-refractivity contribution in [3.8, 4) is 0 Å². The third-order valence-electron chi connectivity index (χ3n) is 5.52. The van der Waals surface area contributed by atoms with Crippen LogP contribution in [0.5, 0.6) is 0 Å². The quantitative estimate of drug-likeness (QED) is 0.806. The summed E-state index contributed by atoms with van der Waals surface area (Å²) in [4.78, 5) is 27.8. The molecule has 0 aliphatic carbocycles. The van der Waals surface area contributed by atoms with Crippen LogP contribution in [0.3, 0.4) is 0 Å². The first-order valence-corrected chi connectivity index (χ1v) is 10.9. The van der Waals surface area contributed by atoms with Crippen molar-refractivity contribution in [1.29, 1.82) is 0 Å². The molecule has 0 radical (unpaired) electrons. The molecule has 1 N–H and O–H groups in total. The van der Waals surface area contributed by atoms with Crippen LogP contribution in [-0.2, 0) is 10.2 Å². The van der Waals surface area contributed by atoms with E-state index in [0.29, 0.717) is 13.1 Å². The molecule has 1 aromatic heterocycles.